The first-order chi connectivity index (χ1) is 11.2. The van der Waals surface area contributed by atoms with Crippen molar-refractivity contribution in [1.29, 1.82) is 0 Å². The van der Waals surface area contributed by atoms with Gasteiger partial charge in [0.05, 0.1) is 23.8 Å². The lowest BCUT2D eigenvalue weighted by Crippen LogP contribution is -2.39. The summed E-state index contributed by atoms with van der Waals surface area (Å²) in [4.78, 5) is 11.3. The molecule has 0 atom stereocenters. The van der Waals surface area contributed by atoms with Crippen LogP contribution in [0, 0.1) is 13.8 Å². The Bertz CT molecular complexity index is 534. The van der Waals surface area contributed by atoms with Crippen molar-refractivity contribution in [2.45, 2.75) is 39.9 Å². The van der Waals surface area contributed by atoms with Gasteiger partial charge in [-0.3, -0.25) is 4.90 Å². The number of rotatable bonds is 8. The first kappa shape index (κ1) is 24.4. The molecule has 0 radical (unpaired) electrons. The highest BCUT2D eigenvalue weighted by Crippen LogP contribution is 2.18. The van der Waals surface area contributed by atoms with Crippen molar-refractivity contribution in [2.24, 2.45) is 4.99 Å². The second-order valence-electron chi connectivity index (χ2n) is 5.57. The third kappa shape index (κ3) is 10.9. The predicted octanol–water partition coefficient (Wildman–Crippen LogP) is 3.32. The van der Waals surface area contributed by atoms with E-state index in [1.807, 2.05) is 20.8 Å². The van der Waals surface area contributed by atoms with E-state index in [4.69, 9.17) is 0 Å². The molecule has 25 heavy (non-hydrogen) atoms. The number of hydrogen-bond acceptors (Lipinski definition) is 4. The molecule has 0 spiro atoms. The van der Waals surface area contributed by atoms with E-state index in [1.54, 1.807) is 11.3 Å². The van der Waals surface area contributed by atoms with E-state index in [2.05, 4.69) is 20.6 Å². The summed E-state index contributed by atoms with van der Waals surface area (Å²) in [5.41, 5.74) is 0.992. The quantitative estimate of drug-likeness (QED) is 0.253. The number of nitrogens with one attached hydrogen (secondary N) is 2. The lowest BCUT2D eigenvalue weighted by atomic mass is 10.4. The van der Waals surface area contributed by atoms with Crippen molar-refractivity contribution in [3.05, 3.63) is 15.6 Å². The van der Waals surface area contributed by atoms with Gasteiger partial charge in [0.25, 0.3) is 0 Å². The Kier molecular flexibility index (Phi) is 11.6. The fourth-order valence-corrected chi connectivity index (χ4v) is 3.02. The minimum atomic E-state index is -4.15. The van der Waals surface area contributed by atoms with Crippen LogP contribution >= 0.6 is 35.3 Å². The largest absolute Gasteiger partial charge is 0.401 e. The van der Waals surface area contributed by atoms with Gasteiger partial charge in [-0.1, -0.05) is 0 Å². The zero-order valence-electron chi connectivity index (χ0n) is 15.0. The molecular weight excluding hydrogens is 466 g/mol. The molecule has 5 nitrogen and oxygen atoms in total. The maximum absolute atomic E-state index is 12.2. The summed E-state index contributed by atoms with van der Waals surface area (Å²) >= 11 is 1.62. The maximum Gasteiger partial charge on any atom is 0.401 e. The normalized spacial score (nSPS) is 12.2. The van der Waals surface area contributed by atoms with Crippen molar-refractivity contribution in [3.8, 4) is 0 Å². The number of alkyl halides is 3. The van der Waals surface area contributed by atoms with Crippen LogP contribution in [0.5, 0.6) is 0 Å². The Labute approximate surface area is 168 Å². The minimum absolute atomic E-state index is 0. The Morgan fingerprint density at radius 3 is 2.48 bits per heavy atom. The number of aliphatic imine (C=N–C) groups is 1. The summed E-state index contributed by atoms with van der Waals surface area (Å²) in [6.45, 7) is 7.22. The van der Waals surface area contributed by atoms with Gasteiger partial charge in [0.1, 0.15) is 0 Å². The Balaban J connectivity index is 0.00000576. The summed E-state index contributed by atoms with van der Waals surface area (Å²) in [6.07, 6.45) is -3.54. The van der Waals surface area contributed by atoms with Crippen LogP contribution in [-0.2, 0) is 6.54 Å². The summed E-state index contributed by atoms with van der Waals surface area (Å²) in [6, 6.07) is 0. The highest BCUT2D eigenvalue weighted by Gasteiger charge is 2.28. The molecular formula is C15H27F3IN5S. The molecule has 0 saturated carbocycles. The van der Waals surface area contributed by atoms with E-state index < -0.39 is 12.7 Å². The summed E-state index contributed by atoms with van der Waals surface area (Å²) < 4.78 is 36.7. The predicted molar refractivity (Wildman–Crippen MR) is 108 cm³/mol. The number of aryl methyl sites for hydroxylation is 2. The average molecular weight is 493 g/mol. The molecule has 0 saturated heterocycles. The van der Waals surface area contributed by atoms with E-state index in [0.29, 0.717) is 32.0 Å². The third-order valence-corrected chi connectivity index (χ3v) is 4.24. The number of guanidine groups is 1. The number of nitrogens with zero attached hydrogens (tertiary/aromatic N) is 3. The molecule has 0 bridgehead atoms. The Morgan fingerprint density at radius 2 is 1.96 bits per heavy atom. The van der Waals surface area contributed by atoms with Crippen LogP contribution in [0.15, 0.2) is 4.99 Å². The maximum atomic E-state index is 12.2. The SMILES string of the molecule is CCNC(=NCc1sc(C)nc1C)NCCCN(C)CC(F)(F)F.I. The monoisotopic (exact) mass is 493 g/mol. The molecule has 0 unspecified atom stereocenters. The van der Waals surface area contributed by atoms with Gasteiger partial charge in [-0.25, -0.2) is 9.98 Å². The Morgan fingerprint density at radius 1 is 1.28 bits per heavy atom. The molecule has 1 rings (SSSR count). The second kappa shape index (κ2) is 11.9. The van der Waals surface area contributed by atoms with E-state index in [1.165, 1.54) is 11.9 Å². The zero-order valence-corrected chi connectivity index (χ0v) is 18.2. The van der Waals surface area contributed by atoms with E-state index >= 15 is 0 Å². The van der Waals surface area contributed by atoms with Crippen molar-refractivity contribution < 1.29 is 13.2 Å². The smallest absolute Gasteiger partial charge is 0.357 e. The first-order valence-corrected chi connectivity index (χ1v) is 8.73. The highest BCUT2D eigenvalue weighted by molar-refractivity contribution is 14.0. The fourth-order valence-electron chi connectivity index (χ4n) is 2.15. The number of aromatic nitrogens is 1. The van der Waals surface area contributed by atoms with E-state index in [-0.39, 0.29) is 24.0 Å². The minimum Gasteiger partial charge on any atom is -0.357 e. The molecule has 146 valence electrons. The van der Waals surface area contributed by atoms with Crippen molar-refractivity contribution in [2.75, 3.05) is 33.2 Å². The summed E-state index contributed by atoms with van der Waals surface area (Å²) in [7, 11) is 1.47. The van der Waals surface area contributed by atoms with Crippen LogP contribution in [0.4, 0.5) is 13.2 Å². The lowest BCUT2D eigenvalue weighted by molar-refractivity contribution is -0.143. The second-order valence-corrected chi connectivity index (χ2v) is 6.86. The van der Waals surface area contributed by atoms with E-state index in [9.17, 15) is 13.2 Å². The van der Waals surface area contributed by atoms with Crippen LogP contribution < -0.4 is 10.6 Å². The van der Waals surface area contributed by atoms with Crippen LogP contribution in [0.1, 0.15) is 28.9 Å². The number of hydrogen-bond donors (Lipinski definition) is 2. The van der Waals surface area contributed by atoms with Gasteiger partial charge in [-0.2, -0.15) is 13.2 Å². The van der Waals surface area contributed by atoms with Crippen molar-refractivity contribution >= 4 is 41.3 Å². The van der Waals surface area contributed by atoms with Crippen LogP contribution in [0.3, 0.4) is 0 Å². The standard InChI is InChI=1S/C15H26F3N5S.HI/c1-5-19-14(21-9-13-11(2)22-12(3)24-13)20-7-6-8-23(4)10-15(16,17)18;/h5-10H2,1-4H3,(H2,19,20,21);1H. The topological polar surface area (TPSA) is 52.6 Å². The van der Waals surface area contributed by atoms with Gasteiger partial charge in [0.2, 0.25) is 0 Å². The van der Waals surface area contributed by atoms with Gasteiger partial charge in [-0.15, -0.1) is 35.3 Å². The van der Waals surface area contributed by atoms with Crippen molar-refractivity contribution in [3.63, 3.8) is 0 Å². The molecule has 0 aliphatic carbocycles. The third-order valence-electron chi connectivity index (χ3n) is 3.18. The molecule has 0 aliphatic rings. The van der Waals surface area contributed by atoms with Crippen LogP contribution in [-0.4, -0.2) is 55.2 Å². The molecule has 1 heterocycles. The molecule has 0 fully saturated rings. The van der Waals surface area contributed by atoms with Gasteiger partial charge < -0.3 is 10.6 Å². The molecule has 1 aromatic heterocycles. The molecule has 0 aromatic carbocycles. The van der Waals surface area contributed by atoms with Gasteiger partial charge in [0.15, 0.2) is 5.96 Å². The fraction of sp³-hybridized carbons (Fsp3) is 0.733. The molecule has 2 N–H and O–H groups in total. The van der Waals surface area contributed by atoms with Crippen LogP contribution in [0.2, 0.25) is 0 Å². The first-order valence-electron chi connectivity index (χ1n) is 7.91. The molecule has 1 aromatic rings. The van der Waals surface area contributed by atoms with Gasteiger partial charge >= 0.3 is 6.18 Å². The van der Waals surface area contributed by atoms with Crippen molar-refractivity contribution in [1.82, 2.24) is 20.5 Å². The summed E-state index contributed by atoms with van der Waals surface area (Å²) in [5, 5.41) is 7.30. The lowest BCUT2D eigenvalue weighted by Gasteiger charge is -2.18. The average Bonchev–Trinajstić information content (AvgIpc) is 2.77. The number of halogens is 4. The van der Waals surface area contributed by atoms with Gasteiger partial charge in [0, 0.05) is 18.0 Å². The zero-order chi connectivity index (χ0) is 18.2. The molecule has 0 amide bonds. The summed E-state index contributed by atoms with van der Waals surface area (Å²) in [5.74, 6) is 0.668. The highest BCUT2D eigenvalue weighted by atomic mass is 127. The number of thiazole rings is 1. The van der Waals surface area contributed by atoms with Crippen LogP contribution in [0.25, 0.3) is 0 Å². The molecule has 0 aliphatic heterocycles. The Hall–Kier alpha value is -0.620. The van der Waals surface area contributed by atoms with Gasteiger partial charge in [-0.05, 0) is 40.8 Å². The van der Waals surface area contributed by atoms with E-state index in [0.717, 1.165) is 22.1 Å². The molecule has 10 heteroatoms.